The van der Waals surface area contributed by atoms with Gasteiger partial charge < -0.3 is 4.42 Å². The molecule has 0 amide bonds. The predicted molar refractivity (Wildman–Crippen MR) is 82.5 cm³/mol. The van der Waals surface area contributed by atoms with Crippen molar-refractivity contribution in [2.45, 2.75) is 48.4 Å². The van der Waals surface area contributed by atoms with Crippen LogP contribution in [0.2, 0.25) is 0 Å². The Bertz CT molecular complexity index is 696. The van der Waals surface area contributed by atoms with Gasteiger partial charge in [-0.15, -0.1) is 0 Å². The molecular weight excluding hydrogens is 326 g/mol. The van der Waals surface area contributed by atoms with E-state index in [0.717, 1.165) is 19.3 Å². The molecule has 22 heavy (non-hydrogen) atoms. The molecular formula is C14H21NO5S2. The van der Waals surface area contributed by atoms with Crippen molar-refractivity contribution in [3.8, 4) is 0 Å². The molecule has 124 valence electrons. The van der Waals surface area contributed by atoms with Crippen LogP contribution >= 0.6 is 0 Å². The summed E-state index contributed by atoms with van der Waals surface area (Å²) in [5, 5.41) is -0.939. The summed E-state index contributed by atoms with van der Waals surface area (Å²) >= 11 is 0. The molecule has 0 spiro atoms. The Morgan fingerprint density at radius 3 is 2.32 bits per heavy atom. The van der Waals surface area contributed by atoms with Gasteiger partial charge in [0.05, 0.1) is 16.8 Å². The molecule has 6 nitrogen and oxygen atoms in total. The zero-order valence-corrected chi connectivity index (χ0v) is 14.0. The van der Waals surface area contributed by atoms with Crippen LogP contribution in [-0.2, 0) is 25.6 Å². The van der Waals surface area contributed by atoms with Gasteiger partial charge in [0.2, 0.25) is 10.0 Å². The molecule has 8 heteroatoms. The van der Waals surface area contributed by atoms with E-state index in [4.69, 9.17) is 4.42 Å². The number of sulfonamides is 1. The fraction of sp³-hybridized carbons (Fsp3) is 0.714. The lowest BCUT2D eigenvalue weighted by atomic mass is 10.0. The van der Waals surface area contributed by atoms with Gasteiger partial charge >= 0.3 is 0 Å². The molecule has 0 unspecified atom stereocenters. The van der Waals surface area contributed by atoms with Crippen molar-refractivity contribution in [2.75, 3.05) is 13.1 Å². The van der Waals surface area contributed by atoms with Crippen molar-refractivity contribution in [3.05, 3.63) is 24.2 Å². The average molecular weight is 347 g/mol. The molecule has 0 radical (unpaired) electrons. The highest BCUT2D eigenvalue weighted by atomic mass is 32.2. The molecule has 1 aromatic heterocycles. The Hall–Kier alpha value is -0.860. The Kier molecular flexibility index (Phi) is 4.35. The lowest BCUT2D eigenvalue weighted by molar-refractivity contribution is 0.299. The second-order valence-corrected chi connectivity index (χ2v) is 10.6. The maximum absolute atomic E-state index is 12.5. The zero-order valence-electron chi connectivity index (χ0n) is 12.3. The number of hydrogen-bond donors (Lipinski definition) is 0. The first-order valence-electron chi connectivity index (χ1n) is 7.62. The molecule has 1 aromatic rings. The van der Waals surface area contributed by atoms with Gasteiger partial charge in [-0.3, -0.25) is 0 Å². The molecule has 2 fully saturated rings. The number of hydrogen-bond acceptors (Lipinski definition) is 5. The van der Waals surface area contributed by atoms with Gasteiger partial charge in [-0.1, -0.05) is 19.3 Å². The molecule has 1 aliphatic heterocycles. The van der Waals surface area contributed by atoms with Crippen LogP contribution < -0.4 is 0 Å². The van der Waals surface area contributed by atoms with E-state index in [1.165, 1.54) is 10.6 Å². The van der Waals surface area contributed by atoms with Crippen molar-refractivity contribution in [1.82, 2.24) is 4.31 Å². The third-order valence-electron chi connectivity index (χ3n) is 4.58. The summed E-state index contributed by atoms with van der Waals surface area (Å²) in [5.74, 6) is 0.232. The van der Waals surface area contributed by atoms with Crippen LogP contribution in [0.25, 0.3) is 0 Å². The van der Waals surface area contributed by atoms with Crippen LogP contribution in [-0.4, -0.2) is 44.7 Å². The van der Waals surface area contributed by atoms with Crippen LogP contribution in [0.1, 0.15) is 37.9 Å². The minimum atomic E-state index is -3.37. The Morgan fingerprint density at radius 2 is 1.73 bits per heavy atom. The number of rotatable bonds is 5. The normalized spacial score (nSPS) is 22.5. The van der Waals surface area contributed by atoms with E-state index in [2.05, 4.69) is 0 Å². The molecule has 1 aliphatic carbocycles. The van der Waals surface area contributed by atoms with Crippen molar-refractivity contribution in [1.29, 1.82) is 0 Å². The first-order valence-corrected chi connectivity index (χ1v) is 10.8. The smallest absolute Gasteiger partial charge is 0.217 e. The molecule has 0 aromatic carbocycles. The Labute approximate surface area is 131 Å². The van der Waals surface area contributed by atoms with Crippen molar-refractivity contribution in [3.63, 3.8) is 0 Å². The van der Waals surface area contributed by atoms with Crippen LogP contribution in [0, 0.1) is 0 Å². The summed E-state index contributed by atoms with van der Waals surface area (Å²) in [6, 6.07) is 3.26. The molecule has 0 bridgehead atoms. The Balaban J connectivity index is 1.61. The minimum Gasteiger partial charge on any atom is -0.468 e. The standard InChI is InChI=1S/C14H21NO5S2/c16-21(17,11-12-5-4-8-20-12)14-9-15(10-14)22(18,19)13-6-2-1-3-7-13/h4-5,8,13-14H,1-3,6-7,9-11H2. The summed E-state index contributed by atoms with van der Waals surface area (Å²) < 4.78 is 55.8. The summed E-state index contributed by atoms with van der Waals surface area (Å²) in [6.45, 7) is 0.170. The van der Waals surface area contributed by atoms with E-state index in [0.29, 0.717) is 18.6 Å². The van der Waals surface area contributed by atoms with Crippen molar-refractivity contribution < 1.29 is 21.3 Å². The first-order chi connectivity index (χ1) is 10.4. The Morgan fingerprint density at radius 1 is 1.05 bits per heavy atom. The number of nitrogens with zero attached hydrogens (tertiary/aromatic N) is 1. The first kappa shape index (κ1) is 16.0. The van der Waals surface area contributed by atoms with Gasteiger partial charge in [0.15, 0.2) is 9.84 Å². The van der Waals surface area contributed by atoms with Crippen LogP contribution in [0.5, 0.6) is 0 Å². The topological polar surface area (TPSA) is 84.7 Å². The highest BCUT2D eigenvalue weighted by Gasteiger charge is 2.45. The number of furan rings is 1. The SMILES string of the molecule is O=S(=O)(Cc1ccco1)C1CN(S(=O)(=O)C2CCCCC2)C1. The van der Waals surface area contributed by atoms with E-state index in [9.17, 15) is 16.8 Å². The summed E-state index contributed by atoms with van der Waals surface area (Å²) in [5.41, 5.74) is 0. The molecule has 0 atom stereocenters. The predicted octanol–water partition coefficient (Wildman–Crippen LogP) is 1.54. The quantitative estimate of drug-likeness (QED) is 0.806. The summed E-state index contributed by atoms with van der Waals surface area (Å²) in [6.07, 6.45) is 5.80. The average Bonchev–Trinajstić information content (AvgIpc) is 2.89. The largest absolute Gasteiger partial charge is 0.468 e. The zero-order chi connectivity index (χ0) is 15.8. The van der Waals surface area contributed by atoms with E-state index >= 15 is 0 Å². The molecule has 1 saturated heterocycles. The van der Waals surface area contributed by atoms with E-state index < -0.39 is 25.1 Å². The highest BCUT2D eigenvalue weighted by Crippen LogP contribution is 2.30. The van der Waals surface area contributed by atoms with Crippen molar-refractivity contribution in [2.24, 2.45) is 0 Å². The van der Waals surface area contributed by atoms with Gasteiger partial charge in [0.1, 0.15) is 11.5 Å². The van der Waals surface area contributed by atoms with E-state index in [-0.39, 0.29) is 24.1 Å². The fourth-order valence-electron chi connectivity index (χ4n) is 3.12. The monoisotopic (exact) mass is 347 g/mol. The van der Waals surface area contributed by atoms with E-state index in [1.807, 2.05) is 0 Å². The minimum absolute atomic E-state index is 0.0852. The third kappa shape index (κ3) is 3.09. The molecule has 0 N–H and O–H groups in total. The maximum Gasteiger partial charge on any atom is 0.217 e. The number of sulfone groups is 1. The van der Waals surface area contributed by atoms with Crippen LogP contribution in [0.4, 0.5) is 0 Å². The summed E-state index contributed by atoms with van der Waals surface area (Å²) in [7, 11) is -6.71. The third-order valence-corrected chi connectivity index (χ3v) is 8.91. The lowest BCUT2D eigenvalue weighted by Crippen LogP contribution is -2.59. The lowest BCUT2D eigenvalue weighted by Gasteiger charge is -2.40. The fourth-order valence-corrected chi connectivity index (χ4v) is 7.05. The molecule has 3 rings (SSSR count). The maximum atomic E-state index is 12.5. The van der Waals surface area contributed by atoms with Crippen LogP contribution in [0.3, 0.4) is 0 Å². The molecule has 2 heterocycles. The molecule has 2 aliphatic rings. The van der Waals surface area contributed by atoms with Gasteiger partial charge in [-0.2, -0.15) is 4.31 Å². The summed E-state index contributed by atoms with van der Waals surface area (Å²) in [4.78, 5) is 0. The van der Waals surface area contributed by atoms with Gasteiger partial charge in [-0.05, 0) is 25.0 Å². The molecule has 1 saturated carbocycles. The highest BCUT2D eigenvalue weighted by molar-refractivity contribution is 7.92. The van der Waals surface area contributed by atoms with Crippen LogP contribution in [0.15, 0.2) is 22.8 Å². The van der Waals surface area contributed by atoms with Gasteiger partial charge in [0, 0.05) is 13.1 Å². The van der Waals surface area contributed by atoms with Gasteiger partial charge in [-0.25, -0.2) is 16.8 Å². The second-order valence-electron chi connectivity index (χ2n) is 6.13. The second kappa shape index (κ2) is 5.98. The van der Waals surface area contributed by atoms with E-state index in [1.54, 1.807) is 12.1 Å². The van der Waals surface area contributed by atoms with Gasteiger partial charge in [0.25, 0.3) is 0 Å². The van der Waals surface area contributed by atoms with Crippen molar-refractivity contribution >= 4 is 19.9 Å².